The number of aromatic nitrogens is 2. The summed E-state index contributed by atoms with van der Waals surface area (Å²) in [5.41, 5.74) is 6.85. The molecule has 1 heterocycles. The molecular formula is C13H22N4O2. The van der Waals surface area contributed by atoms with Gasteiger partial charge in [0.15, 0.2) is 0 Å². The van der Waals surface area contributed by atoms with E-state index in [4.69, 9.17) is 10.5 Å². The summed E-state index contributed by atoms with van der Waals surface area (Å²) >= 11 is 0. The smallest absolute Gasteiger partial charge is 0.137 e. The monoisotopic (exact) mass is 266 g/mol. The third kappa shape index (κ3) is 3.33. The standard InChI is InChI=1S/C13H22N4O2/c1-9-11(14)15-12(10-3-4-10)16-13(9)17(5-7-18)6-8-19-2/h10,18H,3-8H2,1-2H3,(H2,14,15,16). The molecule has 0 spiro atoms. The Morgan fingerprint density at radius 2 is 2.11 bits per heavy atom. The number of hydrogen-bond acceptors (Lipinski definition) is 6. The van der Waals surface area contributed by atoms with Crippen LogP contribution in [0.25, 0.3) is 0 Å². The van der Waals surface area contributed by atoms with Gasteiger partial charge in [0.25, 0.3) is 0 Å². The maximum atomic E-state index is 9.19. The number of anilines is 2. The Morgan fingerprint density at radius 1 is 1.37 bits per heavy atom. The van der Waals surface area contributed by atoms with Gasteiger partial charge in [-0.3, -0.25) is 0 Å². The minimum Gasteiger partial charge on any atom is -0.395 e. The molecule has 0 atom stereocenters. The van der Waals surface area contributed by atoms with Crippen molar-refractivity contribution >= 4 is 11.6 Å². The van der Waals surface area contributed by atoms with Gasteiger partial charge in [0.1, 0.15) is 17.5 Å². The van der Waals surface area contributed by atoms with Gasteiger partial charge in [-0.1, -0.05) is 0 Å². The molecule has 0 bridgehead atoms. The van der Waals surface area contributed by atoms with Gasteiger partial charge in [-0.2, -0.15) is 0 Å². The summed E-state index contributed by atoms with van der Waals surface area (Å²) in [6.07, 6.45) is 2.28. The van der Waals surface area contributed by atoms with E-state index in [1.54, 1.807) is 7.11 Å². The second kappa shape index (κ2) is 6.16. The Hall–Kier alpha value is -1.40. The molecule has 1 saturated carbocycles. The normalized spacial score (nSPS) is 14.7. The van der Waals surface area contributed by atoms with E-state index in [1.807, 2.05) is 11.8 Å². The molecule has 1 aromatic rings. The number of rotatable bonds is 7. The van der Waals surface area contributed by atoms with Gasteiger partial charge in [-0.05, 0) is 19.8 Å². The molecule has 6 nitrogen and oxygen atoms in total. The summed E-state index contributed by atoms with van der Waals surface area (Å²) in [7, 11) is 1.66. The molecule has 0 aliphatic heterocycles. The molecular weight excluding hydrogens is 244 g/mol. The molecule has 19 heavy (non-hydrogen) atoms. The summed E-state index contributed by atoms with van der Waals surface area (Å²) in [5.74, 6) is 2.64. The number of aliphatic hydroxyl groups is 1. The van der Waals surface area contributed by atoms with E-state index in [0.717, 1.165) is 30.0 Å². The second-order valence-electron chi connectivity index (χ2n) is 4.89. The fourth-order valence-corrected chi connectivity index (χ4v) is 2.02. The molecule has 0 amide bonds. The number of ether oxygens (including phenoxy) is 1. The quantitative estimate of drug-likeness (QED) is 0.755. The lowest BCUT2D eigenvalue weighted by atomic mass is 10.2. The van der Waals surface area contributed by atoms with Gasteiger partial charge >= 0.3 is 0 Å². The van der Waals surface area contributed by atoms with Gasteiger partial charge < -0.3 is 20.5 Å². The fourth-order valence-electron chi connectivity index (χ4n) is 2.02. The molecule has 3 N–H and O–H groups in total. The van der Waals surface area contributed by atoms with Crippen molar-refractivity contribution in [3.63, 3.8) is 0 Å². The molecule has 0 unspecified atom stereocenters. The van der Waals surface area contributed by atoms with Crippen LogP contribution in [0.2, 0.25) is 0 Å². The lowest BCUT2D eigenvalue weighted by Crippen LogP contribution is -2.32. The number of nitrogens with two attached hydrogens (primary N) is 1. The van der Waals surface area contributed by atoms with E-state index in [-0.39, 0.29) is 6.61 Å². The van der Waals surface area contributed by atoms with E-state index in [9.17, 15) is 5.11 Å². The fraction of sp³-hybridized carbons (Fsp3) is 0.692. The molecule has 1 fully saturated rings. The van der Waals surface area contributed by atoms with Crippen LogP contribution < -0.4 is 10.6 Å². The van der Waals surface area contributed by atoms with Crippen LogP contribution in [0.4, 0.5) is 11.6 Å². The highest BCUT2D eigenvalue weighted by Crippen LogP contribution is 2.39. The van der Waals surface area contributed by atoms with Crippen molar-refractivity contribution < 1.29 is 9.84 Å². The highest BCUT2D eigenvalue weighted by atomic mass is 16.5. The average molecular weight is 266 g/mol. The van der Waals surface area contributed by atoms with E-state index < -0.39 is 0 Å². The molecule has 1 aliphatic carbocycles. The minimum atomic E-state index is 0.0752. The summed E-state index contributed by atoms with van der Waals surface area (Å²) in [6.45, 7) is 3.77. The molecule has 6 heteroatoms. The topological polar surface area (TPSA) is 84.5 Å². The van der Waals surface area contributed by atoms with E-state index in [2.05, 4.69) is 9.97 Å². The SMILES string of the molecule is COCCN(CCO)c1nc(C2CC2)nc(N)c1C. The first-order valence-corrected chi connectivity index (χ1v) is 6.66. The van der Waals surface area contributed by atoms with Gasteiger partial charge in [0.05, 0.1) is 13.2 Å². The molecule has 1 aliphatic rings. The first-order chi connectivity index (χ1) is 9.17. The predicted octanol–water partition coefficient (Wildman–Crippen LogP) is 0.690. The lowest BCUT2D eigenvalue weighted by molar-refractivity contribution is 0.202. The molecule has 0 saturated heterocycles. The van der Waals surface area contributed by atoms with E-state index in [1.165, 1.54) is 0 Å². The Kier molecular flexibility index (Phi) is 4.55. The van der Waals surface area contributed by atoms with E-state index in [0.29, 0.717) is 31.4 Å². The third-order valence-electron chi connectivity index (χ3n) is 3.35. The first kappa shape index (κ1) is 14.0. The summed E-state index contributed by atoms with van der Waals surface area (Å²) in [5, 5.41) is 9.19. The number of hydrogen-bond donors (Lipinski definition) is 2. The van der Waals surface area contributed by atoms with Crippen LogP contribution in [0.3, 0.4) is 0 Å². The van der Waals surface area contributed by atoms with Crippen molar-refractivity contribution in [1.82, 2.24) is 9.97 Å². The number of methoxy groups -OCH3 is 1. The van der Waals surface area contributed by atoms with Crippen LogP contribution in [0.1, 0.15) is 30.1 Å². The molecule has 2 rings (SSSR count). The molecule has 0 radical (unpaired) electrons. The zero-order chi connectivity index (χ0) is 13.8. The Bertz CT molecular complexity index is 435. The van der Waals surface area contributed by atoms with Crippen molar-refractivity contribution in [3.8, 4) is 0 Å². The predicted molar refractivity (Wildman–Crippen MR) is 74.3 cm³/mol. The maximum absolute atomic E-state index is 9.19. The number of nitrogen functional groups attached to an aromatic ring is 1. The van der Waals surface area contributed by atoms with Crippen molar-refractivity contribution in [1.29, 1.82) is 0 Å². The van der Waals surface area contributed by atoms with Crippen LogP contribution in [0.15, 0.2) is 0 Å². The highest BCUT2D eigenvalue weighted by molar-refractivity contribution is 5.56. The van der Waals surface area contributed by atoms with Crippen molar-refractivity contribution in [2.75, 3.05) is 44.0 Å². The van der Waals surface area contributed by atoms with Crippen LogP contribution in [0, 0.1) is 6.92 Å². The summed E-state index contributed by atoms with van der Waals surface area (Å²) in [6, 6.07) is 0. The van der Waals surface area contributed by atoms with Gasteiger partial charge in [-0.15, -0.1) is 0 Å². The average Bonchev–Trinajstić information content (AvgIpc) is 3.22. The van der Waals surface area contributed by atoms with Gasteiger partial charge in [-0.25, -0.2) is 9.97 Å². The Morgan fingerprint density at radius 3 is 2.68 bits per heavy atom. The van der Waals surface area contributed by atoms with Crippen LogP contribution >= 0.6 is 0 Å². The summed E-state index contributed by atoms with van der Waals surface area (Å²) < 4.78 is 5.10. The third-order valence-corrected chi connectivity index (χ3v) is 3.35. The largest absolute Gasteiger partial charge is 0.395 e. The lowest BCUT2D eigenvalue weighted by Gasteiger charge is -2.25. The zero-order valence-corrected chi connectivity index (χ0v) is 11.6. The van der Waals surface area contributed by atoms with Crippen LogP contribution in [-0.2, 0) is 4.74 Å². The molecule has 106 valence electrons. The second-order valence-corrected chi connectivity index (χ2v) is 4.89. The van der Waals surface area contributed by atoms with Crippen LogP contribution in [0.5, 0.6) is 0 Å². The van der Waals surface area contributed by atoms with Crippen molar-refractivity contribution in [2.45, 2.75) is 25.7 Å². The molecule has 1 aromatic heterocycles. The van der Waals surface area contributed by atoms with Gasteiger partial charge in [0, 0.05) is 31.7 Å². The van der Waals surface area contributed by atoms with Crippen molar-refractivity contribution in [3.05, 3.63) is 11.4 Å². The number of aliphatic hydroxyl groups excluding tert-OH is 1. The zero-order valence-electron chi connectivity index (χ0n) is 11.6. The first-order valence-electron chi connectivity index (χ1n) is 6.66. The number of nitrogens with zero attached hydrogens (tertiary/aromatic N) is 3. The highest BCUT2D eigenvalue weighted by Gasteiger charge is 2.28. The van der Waals surface area contributed by atoms with Crippen LogP contribution in [-0.4, -0.2) is 48.5 Å². The van der Waals surface area contributed by atoms with Crippen molar-refractivity contribution in [2.24, 2.45) is 0 Å². The van der Waals surface area contributed by atoms with Gasteiger partial charge in [0.2, 0.25) is 0 Å². The minimum absolute atomic E-state index is 0.0752. The van der Waals surface area contributed by atoms with E-state index >= 15 is 0 Å². The summed E-state index contributed by atoms with van der Waals surface area (Å²) in [4.78, 5) is 11.0. The molecule has 0 aromatic carbocycles. The Labute approximate surface area is 113 Å². The maximum Gasteiger partial charge on any atom is 0.137 e. The Balaban J connectivity index is 2.27.